The summed E-state index contributed by atoms with van der Waals surface area (Å²) in [5, 5.41) is 5.72. The van der Waals surface area contributed by atoms with Crippen LogP contribution in [0.25, 0.3) is 0 Å². The van der Waals surface area contributed by atoms with Gasteiger partial charge in [0.25, 0.3) is 0 Å². The van der Waals surface area contributed by atoms with Gasteiger partial charge in [0.05, 0.1) is 12.3 Å². The highest BCUT2D eigenvalue weighted by Crippen LogP contribution is 2.12. The molecule has 19 heavy (non-hydrogen) atoms. The SMILES string of the molecule is Cc1ccccc1NC(=O)CNCCCS(C)(=O)=O. The molecule has 1 rings (SSSR count). The number of benzene rings is 1. The molecule has 0 aliphatic heterocycles. The normalized spacial score (nSPS) is 11.3. The highest BCUT2D eigenvalue weighted by molar-refractivity contribution is 7.90. The molecule has 0 aliphatic rings. The van der Waals surface area contributed by atoms with Gasteiger partial charge in [-0.2, -0.15) is 0 Å². The fourth-order valence-corrected chi connectivity index (χ4v) is 2.24. The van der Waals surface area contributed by atoms with Crippen LogP contribution in [0, 0.1) is 6.92 Å². The fourth-order valence-electron chi connectivity index (χ4n) is 1.57. The zero-order valence-corrected chi connectivity index (χ0v) is 12.1. The Kier molecular flexibility index (Phi) is 5.98. The number of hydrogen-bond donors (Lipinski definition) is 2. The van der Waals surface area contributed by atoms with Gasteiger partial charge in [-0.15, -0.1) is 0 Å². The molecule has 0 fully saturated rings. The van der Waals surface area contributed by atoms with Gasteiger partial charge in [0.15, 0.2) is 0 Å². The second-order valence-corrected chi connectivity index (χ2v) is 6.78. The molecule has 106 valence electrons. The van der Waals surface area contributed by atoms with Gasteiger partial charge in [-0.05, 0) is 31.5 Å². The van der Waals surface area contributed by atoms with Crippen molar-refractivity contribution in [2.45, 2.75) is 13.3 Å². The van der Waals surface area contributed by atoms with Crippen molar-refractivity contribution in [3.8, 4) is 0 Å². The van der Waals surface area contributed by atoms with E-state index in [2.05, 4.69) is 10.6 Å². The highest BCUT2D eigenvalue weighted by Gasteiger charge is 2.04. The van der Waals surface area contributed by atoms with Crippen LogP contribution < -0.4 is 10.6 Å². The van der Waals surface area contributed by atoms with Gasteiger partial charge in [0.2, 0.25) is 5.91 Å². The zero-order chi connectivity index (χ0) is 14.3. The van der Waals surface area contributed by atoms with E-state index in [0.717, 1.165) is 11.3 Å². The molecule has 6 heteroatoms. The van der Waals surface area contributed by atoms with Crippen LogP contribution >= 0.6 is 0 Å². The molecule has 1 aromatic rings. The van der Waals surface area contributed by atoms with Gasteiger partial charge >= 0.3 is 0 Å². The third kappa shape index (κ3) is 6.93. The Balaban J connectivity index is 2.24. The van der Waals surface area contributed by atoms with E-state index in [4.69, 9.17) is 0 Å². The van der Waals surface area contributed by atoms with Crippen molar-refractivity contribution < 1.29 is 13.2 Å². The number of hydrogen-bond acceptors (Lipinski definition) is 4. The minimum atomic E-state index is -2.92. The minimum Gasteiger partial charge on any atom is -0.325 e. The van der Waals surface area contributed by atoms with Gasteiger partial charge in [-0.25, -0.2) is 8.42 Å². The smallest absolute Gasteiger partial charge is 0.238 e. The van der Waals surface area contributed by atoms with E-state index in [1.54, 1.807) is 0 Å². The summed E-state index contributed by atoms with van der Waals surface area (Å²) in [5.41, 5.74) is 1.80. The lowest BCUT2D eigenvalue weighted by atomic mass is 10.2. The van der Waals surface area contributed by atoms with Crippen LogP contribution in [0.4, 0.5) is 5.69 Å². The maximum Gasteiger partial charge on any atom is 0.238 e. The molecule has 0 bridgehead atoms. The van der Waals surface area contributed by atoms with Crippen LogP contribution in [-0.2, 0) is 14.6 Å². The summed E-state index contributed by atoms with van der Waals surface area (Å²) in [6.45, 7) is 2.61. The first-order valence-corrected chi connectivity index (χ1v) is 8.18. The monoisotopic (exact) mass is 284 g/mol. The molecular formula is C13H20N2O3S. The number of carbonyl (C=O) groups is 1. The van der Waals surface area contributed by atoms with E-state index in [1.165, 1.54) is 6.26 Å². The average Bonchev–Trinajstić information content (AvgIpc) is 2.30. The van der Waals surface area contributed by atoms with Gasteiger partial charge in [0.1, 0.15) is 9.84 Å². The standard InChI is InChI=1S/C13H20N2O3S/c1-11-6-3-4-7-12(11)15-13(16)10-14-8-5-9-19(2,17)18/h3-4,6-7,14H,5,8-10H2,1-2H3,(H,15,16). The fraction of sp³-hybridized carbons (Fsp3) is 0.462. The number of sulfone groups is 1. The van der Waals surface area contributed by atoms with Crippen LogP contribution in [0.15, 0.2) is 24.3 Å². The molecule has 2 N–H and O–H groups in total. The summed E-state index contributed by atoms with van der Waals surface area (Å²) in [6.07, 6.45) is 1.72. The summed E-state index contributed by atoms with van der Waals surface area (Å²) in [7, 11) is -2.92. The Morgan fingerprint density at radius 1 is 1.26 bits per heavy atom. The molecule has 0 unspecified atom stereocenters. The van der Waals surface area contributed by atoms with Crippen LogP contribution in [0.5, 0.6) is 0 Å². The molecule has 1 amide bonds. The lowest BCUT2D eigenvalue weighted by Crippen LogP contribution is -2.29. The Labute approximate surface area is 114 Å². The number of nitrogens with one attached hydrogen (secondary N) is 2. The van der Waals surface area contributed by atoms with Crippen LogP contribution in [0.3, 0.4) is 0 Å². The molecule has 5 nitrogen and oxygen atoms in total. The third-order valence-electron chi connectivity index (χ3n) is 2.57. The first-order valence-electron chi connectivity index (χ1n) is 6.12. The summed E-state index contributed by atoms with van der Waals surface area (Å²) >= 11 is 0. The molecule has 0 radical (unpaired) electrons. The van der Waals surface area contributed by atoms with Gasteiger partial charge in [0, 0.05) is 11.9 Å². The predicted octanol–water partition coefficient (Wildman–Crippen LogP) is 0.958. The Bertz CT molecular complexity index is 526. The number of para-hydroxylation sites is 1. The van der Waals surface area contributed by atoms with Gasteiger partial charge in [-0.1, -0.05) is 18.2 Å². The number of amides is 1. The zero-order valence-electron chi connectivity index (χ0n) is 11.3. The first-order chi connectivity index (χ1) is 8.88. The second kappa shape index (κ2) is 7.25. The molecule has 0 aliphatic carbocycles. The molecule has 0 heterocycles. The van der Waals surface area contributed by atoms with E-state index >= 15 is 0 Å². The summed E-state index contributed by atoms with van der Waals surface area (Å²) < 4.78 is 21.8. The molecule has 0 atom stereocenters. The third-order valence-corrected chi connectivity index (χ3v) is 3.60. The van der Waals surface area contributed by atoms with E-state index in [-0.39, 0.29) is 18.2 Å². The lowest BCUT2D eigenvalue weighted by molar-refractivity contribution is -0.115. The minimum absolute atomic E-state index is 0.131. The Morgan fingerprint density at radius 2 is 1.95 bits per heavy atom. The van der Waals surface area contributed by atoms with Crippen LogP contribution in [0.2, 0.25) is 0 Å². The highest BCUT2D eigenvalue weighted by atomic mass is 32.2. The molecule has 0 saturated heterocycles. The molecule has 1 aromatic carbocycles. The van der Waals surface area contributed by atoms with Crippen molar-refractivity contribution in [1.82, 2.24) is 5.32 Å². The molecular weight excluding hydrogens is 264 g/mol. The first kappa shape index (κ1) is 15.7. The van der Waals surface area contributed by atoms with E-state index in [9.17, 15) is 13.2 Å². The number of aryl methyl sites for hydroxylation is 1. The number of anilines is 1. The van der Waals surface area contributed by atoms with Crippen molar-refractivity contribution in [2.75, 3.05) is 30.4 Å². The Hall–Kier alpha value is -1.40. The van der Waals surface area contributed by atoms with Crippen molar-refractivity contribution in [1.29, 1.82) is 0 Å². The predicted molar refractivity (Wildman–Crippen MR) is 77.0 cm³/mol. The van der Waals surface area contributed by atoms with Gasteiger partial charge < -0.3 is 10.6 Å². The summed E-state index contributed by atoms with van der Waals surface area (Å²) in [6, 6.07) is 7.54. The van der Waals surface area contributed by atoms with Crippen molar-refractivity contribution >= 4 is 21.4 Å². The van der Waals surface area contributed by atoms with E-state index in [1.807, 2.05) is 31.2 Å². The van der Waals surface area contributed by atoms with Crippen LogP contribution in [-0.4, -0.2) is 39.4 Å². The number of rotatable bonds is 7. The molecule has 0 aromatic heterocycles. The average molecular weight is 284 g/mol. The van der Waals surface area contributed by atoms with Crippen molar-refractivity contribution in [3.63, 3.8) is 0 Å². The van der Waals surface area contributed by atoms with Crippen LogP contribution in [0.1, 0.15) is 12.0 Å². The van der Waals surface area contributed by atoms with Crippen molar-refractivity contribution in [2.24, 2.45) is 0 Å². The topological polar surface area (TPSA) is 75.3 Å². The number of carbonyl (C=O) groups excluding carboxylic acids is 1. The second-order valence-electron chi connectivity index (χ2n) is 4.52. The van der Waals surface area contributed by atoms with Gasteiger partial charge in [-0.3, -0.25) is 4.79 Å². The van der Waals surface area contributed by atoms with E-state index < -0.39 is 9.84 Å². The largest absolute Gasteiger partial charge is 0.325 e. The maximum absolute atomic E-state index is 11.6. The van der Waals surface area contributed by atoms with E-state index in [0.29, 0.717) is 13.0 Å². The Morgan fingerprint density at radius 3 is 2.58 bits per heavy atom. The summed E-state index contributed by atoms with van der Waals surface area (Å²) in [5.74, 6) is 0.00743. The lowest BCUT2D eigenvalue weighted by Gasteiger charge is -2.08. The quantitative estimate of drug-likeness (QED) is 0.731. The summed E-state index contributed by atoms with van der Waals surface area (Å²) in [4.78, 5) is 11.6. The maximum atomic E-state index is 11.6. The van der Waals surface area contributed by atoms with Crippen molar-refractivity contribution in [3.05, 3.63) is 29.8 Å². The molecule has 0 saturated carbocycles. The molecule has 0 spiro atoms.